The summed E-state index contributed by atoms with van der Waals surface area (Å²) in [4.78, 5) is 12.6. The van der Waals surface area contributed by atoms with Gasteiger partial charge in [0, 0.05) is 29.8 Å². The van der Waals surface area contributed by atoms with Crippen molar-refractivity contribution in [2.75, 3.05) is 18.4 Å². The minimum absolute atomic E-state index is 0.207. The van der Waals surface area contributed by atoms with Crippen LogP contribution < -0.4 is 11.1 Å². The van der Waals surface area contributed by atoms with Crippen LogP contribution in [0.15, 0.2) is 18.2 Å². The standard InChI is InChI=1S/C12H15ClFN3O/c13-8-5-9(14)7-11(6-8)16-10-1-3-17(4-2-10)12(15)18/h5-7,10,16H,1-4H2,(H2,15,18). The summed E-state index contributed by atoms with van der Waals surface area (Å²) >= 11 is 5.78. The van der Waals surface area contributed by atoms with E-state index < -0.39 is 0 Å². The SMILES string of the molecule is NC(=O)N1CCC(Nc2cc(F)cc(Cl)c2)CC1. The number of nitrogens with one attached hydrogen (secondary N) is 1. The molecule has 3 N–H and O–H groups in total. The number of carbonyl (C=O) groups excluding carboxylic acids is 1. The second-order valence-corrected chi connectivity index (χ2v) is 4.84. The predicted octanol–water partition coefficient (Wildman–Crippen LogP) is 2.43. The molecule has 0 aromatic heterocycles. The van der Waals surface area contributed by atoms with E-state index in [4.69, 9.17) is 17.3 Å². The van der Waals surface area contributed by atoms with Crippen LogP contribution in [0.4, 0.5) is 14.9 Å². The maximum atomic E-state index is 13.2. The topological polar surface area (TPSA) is 58.4 Å². The molecule has 4 nitrogen and oxygen atoms in total. The minimum Gasteiger partial charge on any atom is -0.382 e. The Balaban J connectivity index is 1.93. The highest BCUT2D eigenvalue weighted by Gasteiger charge is 2.21. The van der Waals surface area contributed by atoms with Gasteiger partial charge >= 0.3 is 6.03 Å². The maximum Gasteiger partial charge on any atom is 0.314 e. The molecule has 1 aliphatic heterocycles. The van der Waals surface area contributed by atoms with E-state index in [0.717, 1.165) is 12.8 Å². The monoisotopic (exact) mass is 271 g/mol. The third-order valence-electron chi connectivity index (χ3n) is 3.04. The number of anilines is 1. The van der Waals surface area contributed by atoms with Gasteiger partial charge in [-0.2, -0.15) is 0 Å². The molecule has 0 spiro atoms. The van der Waals surface area contributed by atoms with Crippen molar-refractivity contribution in [3.8, 4) is 0 Å². The Labute approximate surface area is 110 Å². The highest BCUT2D eigenvalue weighted by molar-refractivity contribution is 6.30. The molecule has 1 heterocycles. The predicted molar refractivity (Wildman–Crippen MR) is 69.2 cm³/mol. The first-order valence-electron chi connectivity index (χ1n) is 5.81. The molecule has 1 aliphatic rings. The van der Waals surface area contributed by atoms with E-state index in [0.29, 0.717) is 23.8 Å². The molecule has 2 rings (SSSR count). The number of piperidine rings is 1. The molecule has 18 heavy (non-hydrogen) atoms. The van der Waals surface area contributed by atoms with Crippen molar-refractivity contribution in [3.63, 3.8) is 0 Å². The van der Waals surface area contributed by atoms with Gasteiger partial charge in [-0.1, -0.05) is 11.6 Å². The zero-order valence-electron chi connectivity index (χ0n) is 9.83. The number of primary amides is 1. The highest BCUT2D eigenvalue weighted by Crippen LogP contribution is 2.21. The van der Waals surface area contributed by atoms with Crippen molar-refractivity contribution in [3.05, 3.63) is 29.0 Å². The van der Waals surface area contributed by atoms with Crippen LogP contribution in [0, 0.1) is 5.82 Å². The first-order chi connectivity index (χ1) is 8.54. The van der Waals surface area contributed by atoms with Crippen LogP contribution in [0.3, 0.4) is 0 Å². The number of urea groups is 1. The fourth-order valence-corrected chi connectivity index (χ4v) is 2.34. The molecule has 1 fully saturated rings. The quantitative estimate of drug-likeness (QED) is 0.868. The molecule has 2 amide bonds. The van der Waals surface area contributed by atoms with Crippen LogP contribution in [0.2, 0.25) is 5.02 Å². The Kier molecular flexibility index (Phi) is 3.91. The number of nitrogens with two attached hydrogens (primary N) is 1. The summed E-state index contributed by atoms with van der Waals surface area (Å²) in [5, 5.41) is 3.59. The van der Waals surface area contributed by atoms with Gasteiger partial charge in [-0.25, -0.2) is 9.18 Å². The number of halogens is 2. The Hall–Kier alpha value is -1.49. The van der Waals surface area contributed by atoms with Crippen molar-refractivity contribution in [2.24, 2.45) is 5.73 Å². The number of likely N-dealkylation sites (tertiary alicyclic amines) is 1. The highest BCUT2D eigenvalue weighted by atomic mass is 35.5. The summed E-state index contributed by atoms with van der Waals surface area (Å²) in [6.07, 6.45) is 1.58. The Bertz CT molecular complexity index is 427. The van der Waals surface area contributed by atoms with Crippen molar-refractivity contribution in [2.45, 2.75) is 18.9 Å². The van der Waals surface area contributed by atoms with Crippen LogP contribution in [0.1, 0.15) is 12.8 Å². The van der Waals surface area contributed by atoms with Crippen LogP contribution in [-0.4, -0.2) is 30.1 Å². The molecule has 0 saturated carbocycles. The van der Waals surface area contributed by atoms with Crippen LogP contribution in [0.5, 0.6) is 0 Å². The first kappa shape index (κ1) is 13.0. The van der Waals surface area contributed by atoms with Crippen molar-refractivity contribution < 1.29 is 9.18 Å². The number of rotatable bonds is 2. The fourth-order valence-electron chi connectivity index (χ4n) is 2.12. The van der Waals surface area contributed by atoms with Gasteiger partial charge in [0.25, 0.3) is 0 Å². The molecule has 0 bridgehead atoms. The molecule has 1 aromatic rings. The van der Waals surface area contributed by atoms with Crippen molar-refractivity contribution >= 4 is 23.3 Å². The Morgan fingerprint density at radius 2 is 2.06 bits per heavy atom. The van der Waals surface area contributed by atoms with Gasteiger partial charge in [-0.15, -0.1) is 0 Å². The summed E-state index contributed by atoms with van der Waals surface area (Å²) in [6, 6.07) is 4.18. The van der Waals surface area contributed by atoms with Gasteiger partial charge < -0.3 is 16.0 Å². The van der Waals surface area contributed by atoms with E-state index in [9.17, 15) is 9.18 Å². The lowest BCUT2D eigenvalue weighted by atomic mass is 10.0. The molecule has 98 valence electrons. The van der Waals surface area contributed by atoms with Gasteiger partial charge in [0.15, 0.2) is 0 Å². The summed E-state index contributed by atoms with van der Waals surface area (Å²) in [7, 11) is 0. The molecular formula is C12H15ClFN3O. The van der Waals surface area contributed by atoms with E-state index in [1.54, 1.807) is 11.0 Å². The van der Waals surface area contributed by atoms with E-state index >= 15 is 0 Å². The minimum atomic E-state index is -0.387. The van der Waals surface area contributed by atoms with Crippen molar-refractivity contribution in [1.82, 2.24) is 4.90 Å². The number of hydrogen-bond acceptors (Lipinski definition) is 2. The molecule has 0 unspecified atom stereocenters. The zero-order chi connectivity index (χ0) is 13.1. The largest absolute Gasteiger partial charge is 0.382 e. The lowest BCUT2D eigenvalue weighted by molar-refractivity contribution is 0.193. The molecule has 1 saturated heterocycles. The van der Waals surface area contributed by atoms with Gasteiger partial charge in [0.2, 0.25) is 0 Å². The number of hydrogen-bond donors (Lipinski definition) is 2. The molecule has 0 radical (unpaired) electrons. The summed E-state index contributed by atoms with van der Waals surface area (Å²) in [6.45, 7) is 1.24. The van der Waals surface area contributed by atoms with E-state index in [-0.39, 0.29) is 17.9 Å². The second kappa shape index (κ2) is 5.44. The van der Waals surface area contributed by atoms with Crippen LogP contribution in [0.25, 0.3) is 0 Å². The number of nitrogens with zero attached hydrogens (tertiary/aromatic N) is 1. The normalized spacial score (nSPS) is 16.7. The fraction of sp³-hybridized carbons (Fsp3) is 0.417. The number of amides is 2. The lowest BCUT2D eigenvalue weighted by Crippen LogP contribution is -2.44. The third-order valence-corrected chi connectivity index (χ3v) is 3.26. The summed E-state index contributed by atoms with van der Waals surface area (Å²) in [5.74, 6) is -0.362. The second-order valence-electron chi connectivity index (χ2n) is 4.40. The lowest BCUT2D eigenvalue weighted by Gasteiger charge is -2.31. The van der Waals surface area contributed by atoms with Gasteiger partial charge in [-0.05, 0) is 31.0 Å². The van der Waals surface area contributed by atoms with Gasteiger partial charge in [-0.3, -0.25) is 0 Å². The summed E-state index contributed by atoms with van der Waals surface area (Å²) in [5.41, 5.74) is 5.87. The number of benzene rings is 1. The van der Waals surface area contributed by atoms with E-state index in [1.165, 1.54) is 12.1 Å². The molecule has 0 aliphatic carbocycles. The maximum absolute atomic E-state index is 13.2. The average Bonchev–Trinajstić information content (AvgIpc) is 2.28. The van der Waals surface area contributed by atoms with Gasteiger partial charge in [0.05, 0.1) is 0 Å². The third kappa shape index (κ3) is 3.26. The zero-order valence-corrected chi connectivity index (χ0v) is 10.6. The van der Waals surface area contributed by atoms with E-state index in [2.05, 4.69) is 5.32 Å². The van der Waals surface area contributed by atoms with Crippen LogP contribution in [-0.2, 0) is 0 Å². The first-order valence-corrected chi connectivity index (χ1v) is 6.19. The number of carbonyl (C=O) groups is 1. The average molecular weight is 272 g/mol. The smallest absolute Gasteiger partial charge is 0.314 e. The van der Waals surface area contributed by atoms with Crippen molar-refractivity contribution in [1.29, 1.82) is 0 Å². The molecule has 0 atom stereocenters. The Morgan fingerprint density at radius 1 is 1.39 bits per heavy atom. The van der Waals surface area contributed by atoms with E-state index in [1.807, 2.05) is 0 Å². The summed E-state index contributed by atoms with van der Waals surface area (Å²) < 4.78 is 13.2. The van der Waals surface area contributed by atoms with Gasteiger partial charge in [0.1, 0.15) is 5.82 Å². The van der Waals surface area contributed by atoms with Crippen LogP contribution >= 0.6 is 11.6 Å². The molecular weight excluding hydrogens is 257 g/mol. The molecule has 6 heteroatoms. The Morgan fingerprint density at radius 3 is 2.61 bits per heavy atom. The molecule has 1 aromatic carbocycles.